The molecule has 0 saturated heterocycles. The molecule has 5 N–H and O–H groups in total. The van der Waals surface area contributed by atoms with Crippen LogP contribution in [0, 0.1) is 5.92 Å². The lowest BCUT2D eigenvalue weighted by Gasteiger charge is -2.10. The number of allylic oxidation sites excluding steroid dienone is 4. The van der Waals surface area contributed by atoms with Crippen LogP contribution < -0.4 is 11.5 Å². The van der Waals surface area contributed by atoms with E-state index in [1.807, 2.05) is 0 Å². The van der Waals surface area contributed by atoms with Gasteiger partial charge in [-0.15, -0.1) is 0 Å². The second-order valence-electron chi connectivity index (χ2n) is 13.6. The molecule has 0 aliphatic rings. The first-order valence-electron chi connectivity index (χ1n) is 19.6. The van der Waals surface area contributed by atoms with Crippen molar-refractivity contribution >= 4 is 11.8 Å². The predicted octanol–water partition coefficient (Wildman–Crippen LogP) is 11.2. The first-order valence-corrected chi connectivity index (χ1v) is 19.6. The third kappa shape index (κ3) is 36.7. The summed E-state index contributed by atoms with van der Waals surface area (Å²) in [4.78, 5) is 22.0. The molecule has 0 saturated carbocycles. The molecule has 1 atom stereocenters. The van der Waals surface area contributed by atoms with Gasteiger partial charge in [0.1, 0.15) is 0 Å². The summed E-state index contributed by atoms with van der Waals surface area (Å²) in [5.74, 6) is -0.586. The molecule has 1 unspecified atom stereocenters. The number of unbranched alkanes of at least 4 members (excludes halogenated alkanes) is 26. The minimum Gasteiger partial charge on any atom is -0.396 e. The first kappa shape index (κ1) is 43.4. The van der Waals surface area contributed by atoms with Gasteiger partial charge in [-0.25, -0.2) is 0 Å². The highest BCUT2D eigenvalue weighted by atomic mass is 16.3. The lowest BCUT2D eigenvalue weighted by molar-refractivity contribution is -0.122. The maximum absolute atomic E-state index is 11.3. The van der Waals surface area contributed by atoms with Gasteiger partial charge in [0.15, 0.2) is 0 Å². The van der Waals surface area contributed by atoms with Crippen molar-refractivity contribution in [2.24, 2.45) is 17.4 Å². The van der Waals surface area contributed by atoms with Crippen LogP contribution in [0.1, 0.15) is 205 Å². The van der Waals surface area contributed by atoms with Crippen molar-refractivity contribution < 1.29 is 14.7 Å². The number of nitrogens with two attached hydrogens (primary N) is 2. The van der Waals surface area contributed by atoms with E-state index >= 15 is 0 Å². The Bertz CT molecular complexity index is 691. The SMILES string of the molecule is NC(=O)CCCCCCC/C=C\CCCCCCCCCCCCCCCCCC/C=C\CCCCCCC(CCO)C(N)=O. The van der Waals surface area contributed by atoms with E-state index in [1.54, 1.807) is 0 Å². The maximum Gasteiger partial charge on any atom is 0.220 e. The van der Waals surface area contributed by atoms with Crippen LogP contribution in [0.5, 0.6) is 0 Å². The second-order valence-corrected chi connectivity index (χ2v) is 13.6. The van der Waals surface area contributed by atoms with Crippen LogP contribution in [0.3, 0.4) is 0 Å². The summed E-state index contributed by atoms with van der Waals surface area (Å²) in [6.07, 6.45) is 49.2. The molecule has 0 aromatic heterocycles. The molecule has 0 aliphatic carbocycles. The van der Waals surface area contributed by atoms with Crippen molar-refractivity contribution in [2.75, 3.05) is 6.61 Å². The van der Waals surface area contributed by atoms with E-state index in [2.05, 4.69) is 24.3 Å². The van der Waals surface area contributed by atoms with Gasteiger partial charge < -0.3 is 16.6 Å². The van der Waals surface area contributed by atoms with Crippen molar-refractivity contribution in [1.29, 1.82) is 0 Å². The zero-order valence-electron chi connectivity index (χ0n) is 29.6. The summed E-state index contributed by atoms with van der Waals surface area (Å²) in [6, 6.07) is 0. The van der Waals surface area contributed by atoms with Crippen LogP contribution in [0.2, 0.25) is 0 Å². The summed E-state index contributed by atoms with van der Waals surface area (Å²) in [7, 11) is 0. The normalized spacial score (nSPS) is 12.5. The fraction of sp³-hybridized carbons (Fsp3) is 0.850. The molecule has 2 amide bonds. The highest BCUT2D eigenvalue weighted by Gasteiger charge is 2.13. The van der Waals surface area contributed by atoms with Crippen LogP contribution in [0.4, 0.5) is 0 Å². The highest BCUT2D eigenvalue weighted by molar-refractivity contribution is 5.76. The molecule has 45 heavy (non-hydrogen) atoms. The Morgan fingerprint density at radius 1 is 0.422 bits per heavy atom. The minimum absolute atomic E-state index is 0.0478. The topological polar surface area (TPSA) is 106 Å². The van der Waals surface area contributed by atoms with Gasteiger partial charge in [0.2, 0.25) is 11.8 Å². The molecule has 0 rings (SSSR count). The Morgan fingerprint density at radius 2 is 0.711 bits per heavy atom. The number of amides is 2. The van der Waals surface area contributed by atoms with Crippen molar-refractivity contribution in [3.63, 3.8) is 0 Å². The predicted molar refractivity (Wildman–Crippen MR) is 195 cm³/mol. The number of hydrogen-bond acceptors (Lipinski definition) is 3. The lowest BCUT2D eigenvalue weighted by atomic mass is 9.97. The molecule has 264 valence electrons. The van der Waals surface area contributed by atoms with E-state index in [9.17, 15) is 9.59 Å². The van der Waals surface area contributed by atoms with Gasteiger partial charge in [-0.1, -0.05) is 153 Å². The Kier molecular flexibility index (Phi) is 35.5. The number of aliphatic hydroxyl groups is 1. The first-order chi connectivity index (χ1) is 22.1. The number of aliphatic hydroxyl groups excluding tert-OH is 1. The van der Waals surface area contributed by atoms with Crippen LogP contribution >= 0.6 is 0 Å². The van der Waals surface area contributed by atoms with Gasteiger partial charge >= 0.3 is 0 Å². The molecule has 0 heterocycles. The third-order valence-corrected chi connectivity index (χ3v) is 9.17. The molecular weight excluding hydrogens is 556 g/mol. The summed E-state index contributed by atoms with van der Waals surface area (Å²) in [5, 5.41) is 8.99. The number of carbonyl (C=O) groups excluding carboxylic acids is 2. The van der Waals surface area contributed by atoms with Crippen LogP contribution in [0.15, 0.2) is 24.3 Å². The summed E-state index contributed by atoms with van der Waals surface area (Å²) < 4.78 is 0. The molecule has 5 nitrogen and oxygen atoms in total. The largest absolute Gasteiger partial charge is 0.396 e. The minimum atomic E-state index is -0.267. The number of rotatable bonds is 37. The Morgan fingerprint density at radius 3 is 1.00 bits per heavy atom. The van der Waals surface area contributed by atoms with Gasteiger partial charge in [-0.3, -0.25) is 9.59 Å². The van der Waals surface area contributed by atoms with Crippen LogP contribution in [-0.4, -0.2) is 23.5 Å². The van der Waals surface area contributed by atoms with E-state index in [0.29, 0.717) is 12.8 Å². The maximum atomic E-state index is 11.3. The number of primary amides is 2. The molecule has 0 fully saturated rings. The Balaban J connectivity index is 3.20. The van der Waals surface area contributed by atoms with Gasteiger partial charge in [0.05, 0.1) is 0 Å². The van der Waals surface area contributed by atoms with E-state index in [0.717, 1.165) is 32.1 Å². The lowest BCUT2D eigenvalue weighted by Crippen LogP contribution is -2.24. The molecule has 0 aromatic carbocycles. The van der Waals surface area contributed by atoms with Gasteiger partial charge in [-0.05, 0) is 70.6 Å². The smallest absolute Gasteiger partial charge is 0.220 e. The quantitative estimate of drug-likeness (QED) is 0.0468. The number of carbonyl (C=O) groups is 2. The summed E-state index contributed by atoms with van der Waals surface area (Å²) in [6.45, 7) is 0.0478. The highest BCUT2D eigenvalue weighted by Crippen LogP contribution is 2.16. The monoisotopic (exact) mass is 633 g/mol. The molecule has 0 spiro atoms. The summed E-state index contributed by atoms with van der Waals surface area (Å²) >= 11 is 0. The Hall–Kier alpha value is -1.62. The standard InChI is InChI=1S/C40H76N2O3/c41-39(44)35-33-31-29-27-25-23-21-19-17-15-13-11-9-7-5-3-1-2-4-6-8-10-12-14-16-18-20-22-24-26-28-30-32-34-38(36-37-43)40(42)45/h19-22,38,43H,1-18,23-37H2,(H2,41,44)(H2,42,45)/b21-19-,22-20-. The summed E-state index contributed by atoms with van der Waals surface area (Å²) in [5.41, 5.74) is 10.5. The van der Waals surface area contributed by atoms with Crippen molar-refractivity contribution in [2.45, 2.75) is 205 Å². The molecule has 0 bridgehead atoms. The van der Waals surface area contributed by atoms with Crippen LogP contribution in [-0.2, 0) is 9.59 Å². The molecule has 0 aromatic rings. The molecule has 0 aliphatic heterocycles. The zero-order chi connectivity index (χ0) is 32.9. The molecule has 0 radical (unpaired) electrons. The molecular formula is C40H76N2O3. The zero-order valence-corrected chi connectivity index (χ0v) is 29.6. The van der Waals surface area contributed by atoms with Gasteiger partial charge in [-0.2, -0.15) is 0 Å². The average molecular weight is 633 g/mol. The third-order valence-electron chi connectivity index (χ3n) is 9.17. The molecule has 5 heteroatoms. The van der Waals surface area contributed by atoms with E-state index in [-0.39, 0.29) is 24.3 Å². The van der Waals surface area contributed by atoms with Crippen molar-refractivity contribution in [3.8, 4) is 0 Å². The van der Waals surface area contributed by atoms with E-state index < -0.39 is 0 Å². The fourth-order valence-corrected chi connectivity index (χ4v) is 6.15. The second kappa shape index (κ2) is 36.8. The van der Waals surface area contributed by atoms with Crippen molar-refractivity contribution in [1.82, 2.24) is 0 Å². The van der Waals surface area contributed by atoms with Gasteiger partial charge in [0.25, 0.3) is 0 Å². The fourth-order valence-electron chi connectivity index (χ4n) is 6.15. The van der Waals surface area contributed by atoms with Crippen molar-refractivity contribution in [3.05, 3.63) is 24.3 Å². The Labute approximate surface area is 279 Å². The van der Waals surface area contributed by atoms with Gasteiger partial charge in [0, 0.05) is 18.9 Å². The van der Waals surface area contributed by atoms with Crippen LogP contribution in [0.25, 0.3) is 0 Å². The van der Waals surface area contributed by atoms with E-state index in [1.165, 1.54) is 161 Å². The number of hydrogen-bond donors (Lipinski definition) is 3. The average Bonchev–Trinajstić information content (AvgIpc) is 3.02. The van der Waals surface area contributed by atoms with E-state index in [4.69, 9.17) is 16.6 Å².